The Kier molecular flexibility index (Phi) is 6.83. The molecule has 34 heavy (non-hydrogen) atoms. The van der Waals surface area contributed by atoms with Crippen LogP contribution >= 0.6 is 11.8 Å². The molecule has 4 rings (SSSR count). The standard InChI is InChI=1S/C23H23F3N4O3S/c1-15-20(31)30(17-5-7-18(8-6-17)34-23(24,25)26)22(33)29(15)14-16-9-10-27-13-19(16)21(32)28-11-3-2-4-12-28/h5-10,13,15H,2-4,11-12,14H2,1H3. The van der Waals surface area contributed by atoms with Crippen LogP contribution in [0.3, 0.4) is 0 Å². The molecule has 0 saturated carbocycles. The molecule has 1 aromatic carbocycles. The number of anilines is 1. The van der Waals surface area contributed by atoms with Crippen LogP contribution in [0.1, 0.15) is 42.1 Å². The van der Waals surface area contributed by atoms with Gasteiger partial charge in [0, 0.05) is 36.9 Å². The number of benzene rings is 1. The Hall–Kier alpha value is -3.08. The number of alkyl halides is 3. The summed E-state index contributed by atoms with van der Waals surface area (Å²) in [6, 6.07) is 5.34. The summed E-state index contributed by atoms with van der Waals surface area (Å²) in [5, 5.41) is 0. The zero-order valence-electron chi connectivity index (χ0n) is 18.4. The van der Waals surface area contributed by atoms with E-state index in [0.717, 1.165) is 24.2 Å². The molecular formula is C23H23F3N4O3S. The minimum Gasteiger partial charge on any atom is -0.339 e. The van der Waals surface area contributed by atoms with Crippen LogP contribution < -0.4 is 4.90 Å². The second-order valence-corrected chi connectivity index (χ2v) is 9.33. The van der Waals surface area contributed by atoms with Gasteiger partial charge in [0.2, 0.25) is 0 Å². The molecular weight excluding hydrogens is 469 g/mol. The molecule has 0 bridgehead atoms. The first-order valence-corrected chi connectivity index (χ1v) is 11.7. The lowest BCUT2D eigenvalue weighted by Gasteiger charge is -2.28. The summed E-state index contributed by atoms with van der Waals surface area (Å²) < 4.78 is 37.8. The molecule has 7 nitrogen and oxygen atoms in total. The van der Waals surface area contributed by atoms with E-state index in [1.807, 2.05) is 0 Å². The fraction of sp³-hybridized carbons (Fsp3) is 0.391. The maximum absolute atomic E-state index is 13.2. The fourth-order valence-electron chi connectivity index (χ4n) is 4.15. The van der Waals surface area contributed by atoms with Gasteiger partial charge in [-0.05, 0) is 73.8 Å². The highest BCUT2D eigenvalue weighted by molar-refractivity contribution is 8.00. The number of amides is 4. The van der Waals surface area contributed by atoms with Gasteiger partial charge in [0.05, 0.1) is 11.3 Å². The van der Waals surface area contributed by atoms with E-state index in [1.54, 1.807) is 17.9 Å². The van der Waals surface area contributed by atoms with Crippen LogP contribution in [0.5, 0.6) is 0 Å². The number of hydrogen-bond donors (Lipinski definition) is 0. The van der Waals surface area contributed by atoms with E-state index in [9.17, 15) is 27.6 Å². The van der Waals surface area contributed by atoms with Crippen molar-refractivity contribution in [1.29, 1.82) is 0 Å². The van der Waals surface area contributed by atoms with Crippen LogP contribution in [0.25, 0.3) is 0 Å². The molecule has 1 aromatic heterocycles. The van der Waals surface area contributed by atoms with Crippen molar-refractivity contribution in [1.82, 2.24) is 14.8 Å². The van der Waals surface area contributed by atoms with Gasteiger partial charge >= 0.3 is 11.5 Å². The molecule has 2 saturated heterocycles. The summed E-state index contributed by atoms with van der Waals surface area (Å²) in [5.74, 6) is -0.637. The Labute approximate surface area is 198 Å². The first-order valence-electron chi connectivity index (χ1n) is 10.9. The van der Waals surface area contributed by atoms with E-state index in [4.69, 9.17) is 0 Å². The van der Waals surface area contributed by atoms with Gasteiger partial charge in [0.25, 0.3) is 11.8 Å². The second-order valence-electron chi connectivity index (χ2n) is 8.19. The second kappa shape index (κ2) is 9.65. The normalized spacial score (nSPS) is 19.2. The van der Waals surface area contributed by atoms with Crippen molar-refractivity contribution in [2.75, 3.05) is 18.0 Å². The third-order valence-electron chi connectivity index (χ3n) is 5.94. The van der Waals surface area contributed by atoms with E-state index < -0.39 is 23.5 Å². The number of imide groups is 1. The highest BCUT2D eigenvalue weighted by Crippen LogP contribution is 2.38. The number of piperidine rings is 1. The maximum Gasteiger partial charge on any atom is 0.446 e. The molecule has 3 heterocycles. The molecule has 11 heteroatoms. The largest absolute Gasteiger partial charge is 0.446 e. The zero-order chi connectivity index (χ0) is 24.5. The van der Waals surface area contributed by atoms with Gasteiger partial charge < -0.3 is 9.80 Å². The van der Waals surface area contributed by atoms with E-state index in [0.29, 0.717) is 24.2 Å². The highest BCUT2D eigenvalue weighted by atomic mass is 32.2. The van der Waals surface area contributed by atoms with Crippen LogP contribution in [0.2, 0.25) is 0 Å². The van der Waals surface area contributed by atoms with Gasteiger partial charge in [-0.2, -0.15) is 13.2 Å². The van der Waals surface area contributed by atoms with Gasteiger partial charge in [-0.1, -0.05) is 0 Å². The van der Waals surface area contributed by atoms with Crippen molar-refractivity contribution in [2.24, 2.45) is 0 Å². The monoisotopic (exact) mass is 492 g/mol. The molecule has 2 fully saturated rings. The molecule has 180 valence electrons. The van der Waals surface area contributed by atoms with Gasteiger partial charge in [-0.3, -0.25) is 14.6 Å². The Morgan fingerprint density at radius 1 is 1.09 bits per heavy atom. The van der Waals surface area contributed by atoms with Crippen molar-refractivity contribution in [3.05, 3.63) is 53.9 Å². The number of likely N-dealkylation sites (tertiary alicyclic amines) is 1. The van der Waals surface area contributed by atoms with Crippen LogP contribution in [0, 0.1) is 0 Å². The molecule has 0 aliphatic carbocycles. The number of nitrogens with zero attached hydrogens (tertiary/aromatic N) is 4. The number of halogens is 3. The molecule has 2 aliphatic heterocycles. The number of urea groups is 1. The quantitative estimate of drug-likeness (QED) is 0.448. The predicted molar refractivity (Wildman–Crippen MR) is 120 cm³/mol. The first-order chi connectivity index (χ1) is 16.2. The van der Waals surface area contributed by atoms with Crippen molar-refractivity contribution in [2.45, 2.75) is 49.2 Å². The Morgan fingerprint density at radius 3 is 2.41 bits per heavy atom. The third kappa shape index (κ3) is 5.03. The summed E-state index contributed by atoms with van der Waals surface area (Å²) in [5.41, 5.74) is -3.27. The number of pyridine rings is 1. The van der Waals surface area contributed by atoms with Crippen molar-refractivity contribution >= 4 is 35.3 Å². The number of carbonyl (C=O) groups excluding carboxylic acids is 3. The number of carbonyl (C=O) groups is 3. The lowest BCUT2D eigenvalue weighted by molar-refractivity contribution is -0.119. The number of rotatable bonds is 5. The van der Waals surface area contributed by atoms with Gasteiger partial charge in [0.1, 0.15) is 6.04 Å². The average Bonchev–Trinajstić information content (AvgIpc) is 3.02. The van der Waals surface area contributed by atoms with Crippen molar-refractivity contribution in [3.8, 4) is 0 Å². The molecule has 1 atom stereocenters. The molecule has 2 aliphatic rings. The van der Waals surface area contributed by atoms with Crippen LogP contribution in [0.15, 0.2) is 47.6 Å². The lowest BCUT2D eigenvalue weighted by atomic mass is 10.1. The molecule has 2 aromatic rings. The van der Waals surface area contributed by atoms with Crippen molar-refractivity contribution in [3.63, 3.8) is 0 Å². The number of aromatic nitrogens is 1. The third-order valence-corrected chi connectivity index (χ3v) is 6.68. The van der Waals surface area contributed by atoms with Gasteiger partial charge in [-0.25, -0.2) is 9.69 Å². The van der Waals surface area contributed by atoms with E-state index in [1.165, 1.54) is 41.6 Å². The summed E-state index contributed by atoms with van der Waals surface area (Å²) in [6.07, 6.45) is 5.97. The molecule has 0 radical (unpaired) electrons. The van der Waals surface area contributed by atoms with Gasteiger partial charge in [0.15, 0.2) is 0 Å². The summed E-state index contributed by atoms with van der Waals surface area (Å²) in [6.45, 7) is 2.95. The molecule has 1 unspecified atom stereocenters. The van der Waals surface area contributed by atoms with E-state index in [2.05, 4.69) is 4.98 Å². The lowest BCUT2D eigenvalue weighted by Crippen LogP contribution is -2.37. The first kappa shape index (κ1) is 24.1. The molecule has 0 N–H and O–H groups in total. The van der Waals surface area contributed by atoms with Crippen LogP contribution in [0.4, 0.5) is 23.7 Å². The number of hydrogen-bond acceptors (Lipinski definition) is 5. The summed E-state index contributed by atoms with van der Waals surface area (Å²) in [4.78, 5) is 47.2. The Balaban J connectivity index is 1.54. The predicted octanol–water partition coefficient (Wildman–Crippen LogP) is 4.68. The Bertz CT molecular complexity index is 1090. The smallest absolute Gasteiger partial charge is 0.339 e. The van der Waals surface area contributed by atoms with E-state index in [-0.39, 0.29) is 34.8 Å². The summed E-state index contributed by atoms with van der Waals surface area (Å²) >= 11 is -0.268. The fourth-order valence-corrected chi connectivity index (χ4v) is 4.69. The average molecular weight is 493 g/mol. The molecule has 4 amide bonds. The minimum atomic E-state index is -4.43. The highest BCUT2D eigenvalue weighted by Gasteiger charge is 2.43. The topological polar surface area (TPSA) is 73.8 Å². The minimum absolute atomic E-state index is 0.0294. The number of thioether (sulfide) groups is 1. The van der Waals surface area contributed by atoms with E-state index >= 15 is 0 Å². The maximum atomic E-state index is 13.2. The Morgan fingerprint density at radius 2 is 1.76 bits per heavy atom. The zero-order valence-corrected chi connectivity index (χ0v) is 19.2. The summed E-state index contributed by atoms with van der Waals surface area (Å²) in [7, 11) is 0. The SMILES string of the molecule is CC1C(=O)N(c2ccc(SC(F)(F)F)cc2)C(=O)N1Cc1ccncc1C(=O)N1CCCCC1. The van der Waals surface area contributed by atoms with Crippen LogP contribution in [-0.4, -0.2) is 57.3 Å². The van der Waals surface area contributed by atoms with Gasteiger partial charge in [-0.15, -0.1) is 0 Å². The molecule has 0 spiro atoms. The van der Waals surface area contributed by atoms with Crippen molar-refractivity contribution < 1.29 is 27.6 Å². The van der Waals surface area contributed by atoms with Crippen LogP contribution in [-0.2, 0) is 11.3 Å².